The van der Waals surface area contributed by atoms with Crippen molar-refractivity contribution in [2.75, 3.05) is 20.1 Å². The predicted octanol–water partition coefficient (Wildman–Crippen LogP) is 0.269. The van der Waals surface area contributed by atoms with Crippen molar-refractivity contribution < 1.29 is 9.90 Å². The summed E-state index contributed by atoms with van der Waals surface area (Å²) in [5.41, 5.74) is 0. The normalized spacial score (nSPS) is 34.6. The number of carbonyl (C=O) groups is 1. The van der Waals surface area contributed by atoms with Crippen molar-refractivity contribution in [1.82, 2.24) is 4.90 Å². The molecule has 1 saturated heterocycles. The van der Waals surface area contributed by atoms with Gasteiger partial charge in [0.15, 0.2) is 0 Å². The Kier molecular flexibility index (Phi) is 1.94. The van der Waals surface area contributed by atoms with Crippen LogP contribution in [-0.4, -0.2) is 36.1 Å². The topological polar surface area (TPSA) is 40.5 Å². The molecular formula is C7H13NO2. The van der Waals surface area contributed by atoms with Crippen molar-refractivity contribution >= 4 is 5.97 Å². The van der Waals surface area contributed by atoms with Crippen molar-refractivity contribution in [3.63, 3.8) is 0 Å². The molecule has 1 N–H and O–H groups in total. The molecule has 0 radical (unpaired) electrons. The van der Waals surface area contributed by atoms with E-state index in [1.165, 1.54) is 0 Å². The number of carboxylic acid groups (broad SMARTS) is 1. The van der Waals surface area contributed by atoms with Crippen molar-refractivity contribution in [3.05, 3.63) is 0 Å². The largest absolute Gasteiger partial charge is 0.481 e. The van der Waals surface area contributed by atoms with Gasteiger partial charge in [0.1, 0.15) is 0 Å². The second-order valence-electron chi connectivity index (χ2n) is 3.14. The molecule has 0 unspecified atom stereocenters. The van der Waals surface area contributed by atoms with Gasteiger partial charge in [0, 0.05) is 13.1 Å². The molecule has 3 nitrogen and oxygen atoms in total. The quantitative estimate of drug-likeness (QED) is 0.572. The minimum atomic E-state index is -0.656. The van der Waals surface area contributed by atoms with Gasteiger partial charge in [-0.3, -0.25) is 4.79 Å². The molecule has 0 aromatic rings. The molecule has 0 spiro atoms. The van der Waals surface area contributed by atoms with Gasteiger partial charge in [-0.15, -0.1) is 0 Å². The van der Waals surface area contributed by atoms with E-state index in [0.29, 0.717) is 12.5 Å². The van der Waals surface area contributed by atoms with Crippen LogP contribution in [-0.2, 0) is 4.79 Å². The van der Waals surface area contributed by atoms with Crippen LogP contribution in [0.25, 0.3) is 0 Å². The smallest absolute Gasteiger partial charge is 0.308 e. The third-order valence-electron chi connectivity index (χ3n) is 2.11. The SMILES string of the molecule is C[C@H]1CN(C)C[C@H]1C(=O)O. The minimum absolute atomic E-state index is 0.148. The molecule has 1 rings (SSSR count). The lowest BCUT2D eigenvalue weighted by Gasteiger charge is -2.06. The first-order chi connectivity index (χ1) is 4.61. The Morgan fingerprint density at radius 1 is 1.60 bits per heavy atom. The van der Waals surface area contributed by atoms with Crippen molar-refractivity contribution in [2.45, 2.75) is 6.92 Å². The average Bonchev–Trinajstić information content (AvgIpc) is 2.10. The number of nitrogens with zero attached hydrogens (tertiary/aromatic N) is 1. The summed E-state index contributed by atoms with van der Waals surface area (Å²) < 4.78 is 0. The summed E-state index contributed by atoms with van der Waals surface area (Å²) in [6.07, 6.45) is 0. The van der Waals surface area contributed by atoms with Gasteiger partial charge in [-0.1, -0.05) is 6.92 Å². The first kappa shape index (κ1) is 7.54. The molecule has 3 heteroatoms. The van der Waals surface area contributed by atoms with Gasteiger partial charge in [-0.05, 0) is 13.0 Å². The van der Waals surface area contributed by atoms with E-state index in [0.717, 1.165) is 6.54 Å². The van der Waals surface area contributed by atoms with Crippen molar-refractivity contribution in [3.8, 4) is 0 Å². The van der Waals surface area contributed by atoms with E-state index in [1.54, 1.807) is 0 Å². The van der Waals surface area contributed by atoms with E-state index in [1.807, 2.05) is 14.0 Å². The summed E-state index contributed by atoms with van der Waals surface area (Å²) in [6.45, 7) is 3.61. The van der Waals surface area contributed by atoms with Crippen molar-refractivity contribution in [1.29, 1.82) is 0 Å². The average molecular weight is 143 g/mol. The van der Waals surface area contributed by atoms with E-state index >= 15 is 0 Å². The first-order valence-corrected chi connectivity index (χ1v) is 3.52. The number of aliphatic carboxylic acids is 1. The van der Waals surface area contributed by atoms with Crippen LogP contribution < -0.4 is 0 Å². The molecule has 58 valence electrons. The second kappa shape index (κ2) is 2.58. The predicted molar refractivity (Wildman–Crippen MR) is 37.8 cm³/mol. The third kappa shape index (κ3) is 1.29. The Morgan fingerprint density at radius 2 is 2.20 bits per heavy atom. The molecule has 0 aromatic carbocycles. The number of hydrogen-bond acceptors (Lipinski definition) is 2. The molecule has 1 aliphatic rings. The highest BCUT2D eigenvalue weighted by atomic mass is 16.4. The number of hydrogen-bond donors (Lipinski definition) is 1. The summed E-state index contributed by atoms with van der Waals surface area (Å²) in [7, 11) is 1.96. The van der Waals surface area contributed by atoms with Gasteiger partial charge in [-0.2, -0.15) is 0 Å². The molecule has 0 amide bonds. The molecule has 10 heavy (non-hydrogen) atoms. The number of carboxylic acids is 1. The van der Waals surface area contributed by atoms with Crippen LogP contribution in [0.5, 0.6) is 0 Å². The second-order valence-corrected chi connectivity index (χ2v) is 3.14. The highest BCUT2D eigenvalue weighted by Gasteiger charge is 2.32. The van der Waals surface area contributed by atoms with Crippen LogP contribution in [0.1, 0.15) is 6.92 Å². The summed E-state index contributed by atoms with van der Waals surface area (Å²) in [5.74, 6) is -0.496. The standard InChI is InChI=1S/C7H13NO2/c1-5-3-8(2)4-6(5)7(9)10/h5-6H,3-4H2,1-2H3,(H,9,10)/t5-,6+/m0/s1. The monoisotopic (exact) mass is 143 g/mol. The van der Waals surface area contributed by atoms with Crippen LogP contribution in [0.3, 0.4) is 0 Å². The lowest BCUT2D eigenvalue weighted by atomic mass is 9.99. The van der Waals surface area contributed by atoms with E-state index in [-0.39, 0.29) is 5.92 Å². The fourth-order valence-electron chi connectivity index (χ4n) is 1.53. The van der Waals surface area contributed by atoms with Crippen LogP contribution in [0.4, 0.5) is 0 Å². The van der Waals surface area contributed by atoms with Gasteiger partial charge in [0.2, 0.25) is 0 Å². The summed E-state index contributed by atoms with van der Waals surface area (Å²) in [5, 5.41) is 8.67. The Bertz CT molecular complexity index is 147. The van der Waals surface area contributed by atoms with E-state index in [2.05, 4.69) is 4.90 Å². The maximum atomic E-state index is 10.5. The molecular weight excluding hydrogens is 130 g/mol. The van der Waals surface area contributed by atoms with Crippen LogP contribution in [0.2, 0.25) is 0 Å². The number of rotatable bonds is 1. The molecule has 1 aliphatic heterocycles. The van der Waals surface area contributed by atoms with Gasteiger partial charge >= 0.3 is 5.97 Å². The van der Waals surface area contributed by atoms with Crippen LogP contribution in [0.15, 0.2) is 0 Å². The Morgan fingerprint density at radius 3 is 2.40 bits per heavy atom. The maximum Gasteiger partial charge on any atom is 0.308 e. The van der Waals surface area contributed by atoms with Gasteiger partial charge in [0.05, 0.1) is 5.92 Å². The van der Waals surface area contributed by atoms with Gasteiger partial charge < -0.3 is 10.0 Å². The zero-order valence-electron chi connectivity index (χ0n) is 6.37. The molecule has 1 heterocycles. The molecule has 1 fully saturated rings. The lowest BCUT2D eigenvalue weighted by Crippen LogP contribution is -2.20. The van der Waals surface area contributed by atoms with E-state index in [4.69, 9.17) is 5.11 Å². The molecule has 2 atom stereocenters. The van der Waals surface area contributed by atoms with Gasteiger partial charge in [0.25, 0.3) is 0 Å². The fourth-order valence-corrected chi connectivity index (χ4v) is 1.53. The highest BCUT2D eigenvalue weighted by molar-refractivity contribution is 5.71. The van der Waals surface area contributed by atoms with E-state index < -0.39 is 5.97 Å². The molecule has 0 saturated carbocycles. The Balaban J connectivity index is 2.54. The first-order valence-electron chi connectivity index (χ1n) is 3.52. The summed E-state index contributed by atoms with van der Waals surface area (Å²) in [4.78, 5) is 12.6. The third-order valence-corrected chi connectivity index (χ3v) is 2.11. The van der Waals surface area contributed by atoms with Gasteiger partial charge in [-0.25, -0.2) is 0 Å². The molecule has 0 bridgehead atoms. The fraction of sp³-hybridized carbons (Fsp3) is 0.857. The van der Waals surface area contributed by atoms with Crippen LogP contribution in [0, 0.1) is 11.8 Å². The summed E-state index contributed by atoms with van der Waals surface area (Å²) >= 11 is 0. The molecule has 0 aliphatic carbocycles. The highest BCUT2D eigenvalue weighted by Crippen LogP contribution is 2.20. The van der Waals surface area contributed by atoms with Crippen LogP contribution >= 0.6 is 0 Å². The van der Waals surface area contributed by atoms with E-state index in [9.17, 15) is 4.79 Å². The zero-order chi connectivity index (χ0) is 7.72. The Labute approximate surface area is 60.6 Å². The lowest BCUT2D eigenvalue weighted by molar-refractivity contribution is -0.142. The maximum absolute atomic E-state index is 10.5. The number of likely N-dealkylation sites (tertiary alicyclic amines) is 1. The zero-order valence-corrected chi connectivity index (χ0v) is 6.37. The van der Waals surface area contributed by atoms with Crippen molar-refractivity contribution in [2.24, 2.45) is 11.8 Å². The molecule has 0 aromatic heterocycles. The Hall–Kier alpha value is -0.570. The summed E-state index contributed by atoms with van der Waals surface area (Å²) in [6, 6.07) is 0. The minimum Gasteiger partial charge on any atom is -0.481 e.